The van der Waals surface area contributed by atoms with Gasteiger partial charge in [0.25, 0.3) is 0 Å². The molecule has 0 bridgehead atoms. The van der Waals surface area contributed by atoms with Crippen molar-refractivity contribution in [1.82, 2.24) is 25.1 Å². The first-order valence-corrected chi connectivity index (χ1v) is 9.36. The Hall–Kier alpha value is -4.08. The quantitative estimate of drug-likeness (QED) is 0.632. The Morgan fingerprint density at radius 3 is 2.83 bits per heavy atom. The Kier molecular flexibility index (Phi) is 5.46. The maximum Gasteiger partial charge on any atom is 0.244 e. The number of benzene rings is 1. The highest BCUT2D eigenvalue weighted by molar-refractivity contribution is 6.10. The van der Waals surface area contributed by atoms with Gasteiger partial charge in [0.15, 0.2) is 5.82 Å². The summed E-state index contributed by atoms with van der Waals surface area (Å²) in [6.45, 7) is 0.180. The van der Waals surface area contributed by atoms with Crippen LogP contribution in [0.5, 0.6) is 0 Å². The smallest absolute Gasteiger partial charge is 0.244 e. The second kappa shape index (κ2) is 8.52. The summed E-state index contributed by atoms with van der Waals surface area (Å²) in [6.07, 6.45) is 4.57. The van der Waals surface area contributed by atoms with Gasteiger partial charge >= 0.3 is 0 Å². The van der Waals surface area contributed by atoms with E-state index in [0.29, 0.717) is 17.2 Å². The maximum atomic E-state index is 12.6. The second-order valence-electron chi connectivity index (χ2n) is 6.65. The molecule has 152 valence electrons. The van der Waals surface area contributed by atoms with E-state index in [1.807, 2.05) is 6.07 Å². The van der Waals surface area contributed by atoms with Gasteiger partial charge in [0.1, 0.15) is 19.2 Å². The van der Waals surface area contributed by atoms with Crippen LogP contribution in [0.4, 0.5) is 11.4 Å². The third-order valence-electron chi connectivity index (χ3n) is 4.62. The zero-order chi connectivity index (χ0) is 20.9. The van der Waals surface area contributed by atoms with Gasteiger partial charge in [0.2, 0.25) is 17.7 Å². The van der Waals surface area contributed by atoms with Crippen molar-refractivity contribution in [3.63, 3.8) is 0 Å². The fourth-order valence-electron chi connectivity index (χ4n) is 3.19. The molecule has 1 aliphatic rings. The molecule has 0 fully saturated rings. The number of carbonyl (C=O) groups is 3. The number of para-hydroxylation sites is 2. The van der Waals surface area contributed by atoms with E-state index in [1.54, 1.807) is 36.5 Å². The Balaban J connectivity index is 1.34. The highest BCUT2D eigenvalue weighted by atomic mass is 16.2. The van der Waals surface area contributed by atoms with Crippen LogP contribution in [0.25, 0.3) is 5.82 Å². The summed E-state index contributed by atoms with van der Waals surface area (Å²) in [5.74, 6) is -0.241. The lowest BCUT2D eigenvalue weighted by Crippen LogP contribution is -2.42. The molecule has 0 atom stereocenters. The van der Waals surface area contributed by atoms with Crippen molar-refractivity contribution in [2.24, 2.45) is 0 Å². The van der Waals surface area contributed by atoms with Gasteiger partial charge in [0.05, 0.1) is 11.4 Å². The summed E-state index contributed by atoms with van der Waals surface area (Å²) < 4.78 is 1.52. The molecule has 10 nitrogen and oxygen atoms in total. The second-order valence-corrected chi connectivity index (χ2v) is 6.65. The third kappa shape index (κ3) is 4.17. The molecule has 2 aromatic heterocycles. The normalized spacial score (nSPS) is 12.8. The number of hydrogen-bond donors (Lipinski definition) is 2. The van der Waals surface area contributed by atoms with Crippen LogP contribution in [0, 0.1) is 0 Å². The van der Waals surface area contributed by atoms with Gasteiger partial charge < -0.3 is 15.5 Å². The Morgan fingerprint density at radius 1 is 1.13 bits per heavy atom. The van der Waals surface area contributed by atoms with E-state index in [4.69, 9.17) is 0 Å². The van der Waals surface area contributed by atoms with Crippen LogP contribution < -0.4 is 15.5 Å². The van der Waals surface area contributed by atoms with Crippen molar-refractivity contribution in [2.75, 3.05) is 16.8 Å². The summed E-state index contributed by atoms with van der Waals surface area (Å²) >= 11 is 0. The van der Waals surface area contributed by atoms with Crippen molar-refractivity contribution in [2.45, 2.75) is 19.4 Å². The number of amides is 3. The predicted octanol–water partition coefficient (Wildman–Crippen LogP) is 1.04. The Morgan fingerprint density at radius 2 is 2.00 bits per heavy atom. The minimum atomic E-state index is -0.280. The number of pyridine rings is 1. The van der Waals surface area contributed by atoms with Crippen LogP contribution in [0.15, 0.2) is 55.2 Å². The molecular formula is C20H19N7O3. The Labute approximate surface area is 171 Å². The SMILES string of the molecule is O=C(CCC(=O)N1CC(=O)Nc2ccccc21)NCc1cccnc1-n1cncn1. The van der Waals surface area contributed by atoms with E-state index in [1.165, 1.54) is 22.2 Å². The summed E-state index contributed by atoms with van der Waals surface area (Å²) in [5.41, 5.74) is 1.99. The van der Waals surface area contributed by atoms with Gasteiger partial charge in [-0.2, -0.15) is 5.10 Å². The average Bonchev–Trinajstić information content (AvgIpc) is 3.30. The number of nitrogens with one attached hydrogen (secondary N) is 2. The van der Waals surface area contributed by atoms with Crippen molar-refractivity contribution in [1.29, 1.82) is 0 Å². The van der Waals surface area contributed by atoms with E-state index < -0.39 is 0 Å². The molecule has 0 aliphatic carbocycles. The van der Waals surface area contributed by atoms with Crippen LogP contribution >= 0.6 is 0 Å². The molecule has 1 aromatic carbocycles. The fraction of sp³-hybridized carbons (Fsp3) is 0.200. The Bertz CT molecular complexity index is 1080. The zero-order valence-electron chi connectivity index (χ0n) is 16.0. The number of hydrogen-bond acceptors (Lipinski definition) is 6. The van der Waals surface area contributed by atoms with Crippen LogP contribution in [-0.2, 0) is 20.9 Å². The molecule has 30 heavy (non-hydrogen) atoms. The topological polar surface area (TPSA) is 122 Å². The van der Waals surface area contributed by atoms with Gasteiger partial charge in [-0.1, -0.05) is 18.2 Å². The van der Waals surface area contributed by atoms with Crippen LogP contribution in [0.2, 0.25) is 0 Å². The summed E-state index contributed by atoms with van der Waals surface area (Å²) in [7, 11) is 0. The van der Waals surface area contributed by atoms with Gasteiger partial charge in [-0.25, -0.2) is 14.6 Å². The fourth-order valence-corrected chi connectivity index (χ4v) is 3.19. The zero-order valence-corrected chi connectivity index (χ0v) is 16.0. The van der Waals surface area contributed by atoms with Crippen molar-refractivity contribution in [3.05, 3.63) is 60.8 Å². The minimum absolute atomic E-state index is 0.00355. The number of nitrogens with zero attached hydrogens (tertiary/aromatic N) is 5. The summed E-state index contributed by atoms with van der Waals surface area (Å²) in [5, 5.41) is 9.59. The monoisotopic (exact) mass is 405 g/mol. The molecule has 0 saturated heterocycles. The molecule has 4 rings (SSSR count). The maximum absolute atomic E-state index is 12.6. The molecular weight excluding hydrogens is 386 g/mol. The first-order chi connectivity index (χ1) is 14.6. The first kappa shape index (κ1) is 19.2. The lowest BCUT2D eigenvalue weighted by molar-refractivity contribution is -0.125. The average molecular weight is 405 g/mol. The molecule has 0 saturated carbocycles. The van der Waals surface area contributed by atoms with E-state index >= 15 is 0 Å². The molecule has 1 aliphatic heterocycles. The van der Waals surface area contributed by atoms with Gasteiger partial charge in [0, 0.05) is 31.1 Å². The number of aromatic nitrogens is 4. The molecule has 0 radical (unpaired) electrons. The van der Waals surface area contributed by atoms with Crippen LogP contribution in [0.3, 0.4) is 0 Å². The number of fused-ring (bicyclic) bond motifs is 1. The number of rotatable bonds is 6. The summed E-state index contributed by atoms with van der Waals surface area (Å²) in [6, 6.07) is 10.7. The summed E-state index contributed by atoms with van der Waals surface area (Å²) in [4.78, 5) is 46.4. The molecule has 0 spiro atoms. The van der Waals surface area contributed by atoms with E-state index in [0.717, 1.165) is 5.56 Å². The predicted molar refractivity (Wildman–Crippen MR) is 108 cm³/mol. The molecule has 10 heteroatoms. The first-order valence-electron chi connectivity index (χ1n) is 9.36. The van der Waals surface area contributed by atoms with E-state index in [-0.39, 0.29) is 43.7 Å². The highest BCUT2D eigenvalue weighted by Crippen LogP contribution is 2.29. The van der Waals surface area contributed by atoms with Crippen LogP contribution in [-0.4, -0.2) is 44.0 Å². The molecule has 3 heterocycles. The van der Waals surface area contributed by atoms with Crippen molar-refractivity contribution < 1.29 is 14.4 Å². The van der Waals surface area contributed by atoms with Gasteiger partial charge in [-0.3, -0.25) is 14.4 Å². The van der Waals surface area contributed by atoms with Crippen molar-refractivity contribution >= 4 is 29.1 Å². The molecule has 3 amide bonds. The van der Waals surface area contributed by atoms with Crippen LogP contribution in [0.1, 0.15) is 18.4 Å². The lowest BCUT2D eigenvalue weighted by atomic mass is 10.1. The van der Waals surface area contributed by atoms with Crippen molar-refractivity contribution in [3.8, 4) is 5.82 Å². The minimum Gasteiger partial charge on any atom is -0.352 e. The molecule has 3 aromatic rings. The van der Waals surface area contributed by atoms with Gasteiger partial charge in [-0.15, -0.1) is 0 Å². The standard InChI is InChI=1S/C20H19N7O3/c28-17(23-10-14-4-3-9-22-20(14)27-13-21-12-24-27)7-8-19(30)26-11-18(29)25-15-5-1-2-6-16(15)26/h1-6,9,12-13H,7-8,10-11H2,(H,23,28)(H,25,29). The number of anilines is 2. The largest absolute Gasteiger partial charge is 0.352 e. The number of carbonyl (C=O) groups excluding carboxylic acids is 3. The lowest BCUT2D eigenvalue weighted by Gasteiger charge is -2.29. The van der Waals surface area contributed by atoms with E-state index in [2.05, 4.69) is 25.7 Å². The highest BCUT2D eigenvalue weighted by Gasteiger charge is 2.26. The molecule has 2 N–H and O–H groups in total. The van der Waals surface area contributed by atoms with Gasteiger partial charge in [-0.05, 0) is 18.2 Å². The third-order valence-corrected chi connectivity index (χ3v) is 4.62. The molecule has 0 unspecified atom stereocenters. The van der Waals surface area contributed by atoms with E-state index in [9.17, 15) is 14.4 Å².